The van der Waals surface area contributed by atoms with Gasteiger partial charge in [0.1, 0.15) is 8.85 Å². The van der Waals surface area contributed by atoms with Crippen molar-refractivity contribution in [2.75, 3.05) is 26.2 Å². The number of fused-ring (bicyclic) bond motifs is 1. The first-order valence-corrected chi connectivity index (χ1v) is 9.77. The lowest BCUT2D eigenvalue weighted by Gasteiger charge is -2.35. The maximum Gasteiger partial charge on any atom is 0.231 e. The second kappa shape index (κ2) is 9.54. The zero-order valence-electron chi connectivity index (χ0n) is 29.5. The summed E-state index contributed by atoms with van der Waals surface area (Å²) in [5.41, 5.74) is 0.834. The third-order valence-corrected chi connectivity index (χ3v) is 4.75. The molecule has 2 aliphatic heterocycles. The normalized spacial score (nSPS) is 35.6. The zero-order valence-corrected chi connectivity index (χ0v) is 16.5. The molecule has 160 valence electrons. The molecule has 4 nitrogen and oxygen atoms in total. The van der Waals surface area contributed by atoms with Gasteiger partial charge in [0.25, 0.3) is 0 Å². The van der Waals surface area contributed by atoms with E-state index in [0.29, 0.717) is 11.1 Å². The predicted molar refractivity (Wildman–Crippen MR) is 122 cm³/mol. The van der Waals surface area contributed by atoms with Crippen molar-refractivity contribution < 1.29 is 32.0 Å². The molecule has 0 aromatic heterocycles. The summed E-state index contributed by atoms with van der Waals surface area (Å²) in [6.45, 7) is -12.9. The molecule has 2 aliphatic rings. The van der Waals surface area contributed by atoms with Crippen LogP contribution in [0.15, 0.2) is 78.9 Å². The van der Waals surface area contributed by atoms with E-state index in [1.165, 1.54) is 18.2 Å². The van der Waals surface area contributed by atoms with Gasteiger partial charge in [0.15, 0.2) is 11.5 Å². The van der Waals surface area contributed by atoms with Crippen LogP contribution in [-0.4, -0.2) is 37.2 Å². The molecule has 1 atom stereocenters. The molecule has 0 amide bonds. The smallest absolute Gasteiger partial charge is 0.231 e. The molecule has 2 heterocycles. The Balaban J connectivity index is 1.62. The van der Waals surface area contributed by atoms with Crippen molar-refractivity contribution in [3.8, 4) is 11.5 Å². The fourth-order valence-corrected chi connectivity index (χ4v) is 3.24. The first kappa shape index (κ1) is 10.2. The van der Waals surface area contributed by atoms with Crippen molar-refractivity contribution in [1.82, 2.24) is 4.90 Å². The summed E-state index contributed by atoms with van der Waals surface area (Å²) in [6, 6.07) is 20.2. The fraction of sp³-hybridized carbons (Fsp3) is 0.333. The number of nitrogens with zero attached hydrogens (tertiary/aromatic N) is 1. The molecular weight excluding hydrogens is 386 g/mol. The van der Waals surface area contributed by atoms with E-state index in [1.54, 1.807) is 60.7 Å². The van der Waals surface area contributed by atoms with E-state index in [9.17, 15) is 1.37 Å². The molecule has 0 unspecified atom stereocenters. The van der Waals surface area contributed by atoms with Crippen LogP contribution in [0.3, 0.4) is 0 Å². The Morgan fingerprint density at radius 2 is 1.71 bits per heavy atom. The van der Waals surface area contributed by atoms with Crippen molar-refractivity contribution in [1.29, 1.82) is 0 Å². The molecule has 0 bridgehead atoms. The van der Waals surface area contributed by atoms with Crippen LogP contribution < -0.4 is 9.47 Å². The number of likely N-dealkylation sites (tertiary alicyclic amines) is 1. The quantitative estimate of drug-likeness (QED) is 0.516. The van der Waals surface area contributed by atoms with Gasteiger partial charge in [-0.1, -0.05) is 66.7 Å². The van der Waals surface area contributed by atoms with E-state index < -0.39 is 57.6 Å². The minimum atomic E-state index is -3.69. The Morgan fingerprint density at radius 1 is 1.00 bits per heavy atom. The molecule has 31 heavy (non-hydrogen) atoms. The van der Waals surface area contributed by atoms with Crippen LogP contribution in [0.1, 0.15) is 53.4 Å². The number of hydrogen-bond acceptors (Lipinski definition) is 4. The molecule has 0 saturated carbocycles. The molecule has 0 aliphatic carbocycles. The molecule has 0 radical (unpaired) electrons. The number of piperidine rings is 1. The molecule has 0 spiro atoms. The highest BCUT2D eigenvalue weighted by Gasteiger charge is 2.25. The summed E-state index contributed by atoms with van der Waals surface area (Å²) in [5.74, 6) is -0.0507. The number of benzene rings is 3. The molecule has 5 rings (SSSR count). The Kier molecular flexibility index (Phi) is 3.14. The van der Waals surface area contributed by atoms with Crippen LogP contribution in [0.5, 0.6) is 11.5 Å². The summed E-state index contributed by atoms with van der Waals surface area (Å²) in [7, 11) is 0. The van der Waals surface area contributed by atoms with Crippen molar-refractivity contribution in [2.45, 2.75) is 31.4 Å². The molecule has 0 N–H and O–H groups in total. The van der Waals surface area contributed by atoms with E-state index >= 15 is 0 Å². The van der Waals surface area contributed by atoms with Crippen molar-refractivity contribution >= 4 is 0 Å². The first-order chi connectivity index (χ1) is 20.2. The SMILES string of the molecule is [2H]C1([2H])Oc2ccc(CC([2H])([2H])N3C([2H])([2H])C([2H])([2H])C([2H])([2H])[C@@]([2H])(OC(c4ccccc4)c4ccccc4)C3([2H])[2H])cc2O1. The van der Waals surface area contributed by atoms with Gasteiger partial charge in [0, 0.05) is 26.7 Å². The largest absolute Gasteiger partial charge is 0.454 e. The van der Waals surface area contributed by atoms with Crippen LogP contribution in [-0.2, 0) is 11.2 Å². The average molecular weight is 429 g/mol. The van der Waals surface area contributed by atoms with E-state index in [2.05, 4.69) is 0 Å². The van der Waals surface area contributed by atoms with Gasteiger partial charge in [-0.2, -0.15) is 0 Å². The number of ether oxygens (including phenoxy) is 3. The van der Waals surface area contributed by atoms with E-state index in [-0.39, 0.29) is 22.0 Å². The monoisotopic (exact) mass is 428 g/mol. The minimum Gasteiger partial charge on any atom is -0.454 e. The zero-order chi connectivity index (χ0) is 32.6. The second-order valence-corrected chi connectivity index (χ2v) is 6.86. The average Bonchev–Trinajstić information content (AvgIpc) is 3.23. The summed E-state index contributed by atoms with van der Waals surface area (Å²) >= 11 is 0. The van der Waals surface area contributed by atoms with Crippen LogP contribution in [0.25, 0.3) is 0 Å². The Morgan fingerprint density at radius 3 is 2.45 bits per heavy atom. The topological polar surface area (TPSA) is 30.9 Å². The van der Waals surface area contributed by atoms with Crippen molar-refractivity contribution in [3.63, 3.8) is 0 Å². The first-order valence-electron chi connectivity index (χ1n) is 16.3. The molecule has 3 aromatic rings. The van der Waals surface area contributed by atoms with Crippen LogP contribution in [0.4, 0.5) is 0 Å². The van der Waals surface area contributed by atoms with Crippen LogP contribution in [0, 0.1) is 0 Å². The third kappa shape index (κ3) is 4.92. The standard InChI is InChI=1S/C27H29NO3/c1-3-8-22(9-4-1)27(23-10-5-2-6-11-23)31-24-12-7-16-28(19-24)17-15-21-13-14-25-26(18-21)30-20-29-25/h1-6,8-11,13-14,18,24,27H,7,12,15-17,19-20H2/t24-/m1/s1/i7D2,12D2,16D2,17D2,19D2,20D2,24D. The van der Waals surface area contributed by atoms with Gasteiger partial charge in [0.2, 0.25) is 6.75 Å². The van der Waals surface area contributed by atoms with Gasteiger partial charge in [-0.3, -0.25) is 0 Å². The predicted octanol–water partition coefficient (Wildman–Crippen LogP) is 5.23. The summed E-state index contributed by atoms with van der Waals surface area (Å²) < 4.78 is 128. The number of rotatable bonds is 7. The highest BCUT2D eigenvalue weighted by molar-refractivity contribution is 5.44. The fourth-order valence-electron chi connectivity index (χ4n) is 3.24. The lowest BCUT2D eigenvalue weighted by atomic mass is 10.00. The van der Waals surface area contributed by atoms with Crippen LogP contribution >= 0.6 is 0 Å². The van der Waals surface area contributed by atoms with E-state index in [4.69, 9.17) is 30.7 Å². The van der Waals surface area contributed by atoms with Gasteiger partial charge in [-0.05, 0) is 54.5 Å². The van der Waals surface area contributed by atoms with Crippen molar-refractivity contribution in [3.05, 3.63) is 95.6 Å². The molecule has 1 fully saturated rings. The molecule has 4 heteroatoms. The molecular formula is C27H29NO3. The van der Waals surface area contributed by atoms with Gasteiger partial charge in [0.05, 0.1) is 7.45 Å². The lowest BCUT2D eigenvalue weighted by molar-refractivity contribution is -0.0330. The third-order valence-electron chi connectivity index (χ3n) is 4.75. The number of aryl methyl sites for hydroxylation is 1. The van der Waals surface area contributed by atoms with E-state index in [0.717, 1.165) is 0 Å². The lowest BCUT2D eigenvalue weighted by Crippen LogP contribution is -2.41. The summed E-state index contributed by atoms with van der Waals surface area (Å²) in [4.78, 5) is -0.0990. The van der Waals surface area contributed by atoms with Gasteiger partial charge < -0.3 is 19.1 Å². The Labute approximate surface area is 202 Å². The number of hydrogen-bond donors (Lipinski definition) is 0. The molecule has 1 saturated heterocycles. The van der Waals surface area contributed by atoms with E-state index in [1.807, 2.05) is 0 Å². The highest BCUT2D eigenvalue weighted by atomic mass is 16.7. The highest BCUT2D eigenvalue weighted by Crippen LogP contribution is 2.33. The summed E-state index contributed by atoms with van der Waals surface area (Å²) in [6.07, 6.45) is -13.0. The maximum absolute atomic E-state index is 9.26. The van der Waals surface area contributed by atoms with Crippen LogP contribution in [0.2, 0.25) is 0 Å². The molecule has 3 aromatic carbocycles. The Bertz CT molecular complexity index is 1480. The summed E-state index contributed by atoms with van der Waals surface area (Å²) in [5, 5.41) is 0. The van der Waals surface area contributed by atoms with Gasteiger partial charge >= 0.3 is 0 Å². The minimum absolute atomic E-state index is 0.0268. The second-order valence-electron chi connectivity index (χ2n) is 6.86. The van der Waals surface area contributed by atoms with Gasteiger partial charge in [-0.15, -0.1) is 0 Å². The Hall–Kier alpha value is -2.82. The van der Waals surface area contributed by atoms with Gasteiger partial charge in [-0.25, -0.2) is 0 Å². The van der Waals surface area contributed by atoms with Crippen molar-refractivity contribution in [2.24, 2.45) is 0 Å². The maximum atomic E-state index is 9.26.